The first kappa shape index (κ1) is 10.9. The molecule has 0 bridgehead atoms. The Morgan fingerprint density at radius 3 is 3.00 bits per heavy atom. The van der Waals surface area contributed by atoms with Crippen molar-refractivity contribution in [3.63, 3.8) is 0 Å². The molecule has 2 heterocycles. The number of nitrogens with one attached hydrogen (secondary N) is 2. The van der Waals surface area contributed by atoms with Crippen LogP contribution in [0.4, 0.5) is 10.5 Å². The van der Waals surface area contributed by atoms with Gasteiger partial charge in [0.05, 0.1) is 11.9 Å². The number of anilines is 1. The first-order valence-corrected chi connectivity index (χ1v) is 5.43. The van der Waals surface area contributed by atoms with Crippen molar-refractivity contribution in [2.24, 2.45) is 0 Å². The molecule has 1 amide bonds. The minimum absolute atomic E-state index is 0.0259. The second kappa shape index (κ2) is 5.46. The quantitative estimate of drug-likeness (QED) is 0.792. The first-order chi connectivity index (χ1) is 7.84. The van der Waals surface area contributed by atoms with Gasteiger partial charge in [-0.2, -0.15) is 0 Å². The van der Waals surface area contributed by atoms with Crippen molar-refractivity contribution in [3.05, 3.63) is 24.5 Å². The summed E-state index contributed by atoms with van der Waals surface area (Å²) in [5, 5.41) is 5.86. The van der Waals surface area contributed by atoms with E-state index in [4.69, 9.17) is 4.74 Å². The topological polar surface area (TPSA) is 63.2 Å². The highest BCUT2D eigenvalue weighted by atomic mass is 16.6. The molecule has 2 rings (SSSR count). The van der Waals surface area contributed by atoms with Crippen LogP contribution in [0.1, 0.15) is 12.8 Å². The number of nitrogens with zero attached hydrogens (tertiary/aromatic N) is 1. The third-order valence-electron chi connectivity index (χ3n) is 2.47. The molecule has 0 spiro atoms. The molecule has 0 atom stereocenters. The molecule has 86 valence electrons. The molecule has 1 fully saturated rings. The summed E-state index contributed by atoms with van der Waals surface area (Å²) in [7, 11) is 0. The lowest BCUT2D eigenvalue weighted by Crippen LogP contribution is -2.34. The Morgan fingerprint density at radius 1 is 1.50 bits per heavy atom. The number of pyridine rings is 1. The predicted octanol–water partition coefficient (Wildman–Crippen LogP) is 1.38. The second-order valence-electron chi connectivity index (χ2n) is 3.72. The van der Waals surface area contributed by atoms with Gasteiger partial charge in [-0.15, -0.1) is 0 Å². The van der Waals surface area contributed by atoms with E-state index >= 15 is 0 Å². The zero-order valence-electron chi connectivity index (χ0n) is 8.98. The zero-order chi connectivity index (χ0) is 11.2. The lowest BCUT2D eigenvalue weighted by atomic mass is 10.1. The van der Waals surface area contributed by atoms with E-state index in [1.807, 2.05) is 0 Å². The molecule has 2 N–H and O–H groups in total. The number of carbonyl (C=O) groups excluding carboxylic acids is 1. The highest BCUT2D eigenvalue weighted by Crippen LogP contribution is 2.09. The fourth-order valence-electron chi connectivity index (χ4n) is 1.65. The standard InChI is InChI=1S/C11H15N3O2/c15-11(14-9-2-1-5-13-8-9)16-10-3-6-12-7-4-10/h1-2,5,8,10,12H,3-4,6-7H2,(H,14,15). The first-order valence-electron chi connectivity index (χ1n) is 5.43. The van der Waals surface area contributed by atoms with Gasteiger partial charge in [0.25, 0.3) is 0 Å². The van der Waals surface area contributed by atoms with Gasteiger partial charge in [0.2, 0.25) is 0 Å². The van der Waals surface area contributed by atoms with Crippen LogP contribution in [-0.2, 0) is 4.74 Å². The van der Waals surface area contributed by atoms with Gasteiger partial charge < -0.3 is 10.1 Å². The summed E-state index contributed by atoms with van der Waals surface area (Å²) in [5.74, 6) is 0. The molecular formula is C11H15N3O2. The van der Waals surface area contributed by atoms with Gasteiger partial charge in [0, 0.05) is 6.20 Å². The maximum Gasteiger partial charge on any atom is 0.411 e. The Bertz CT molecular complexity index is 336. The molecular weight excluding hydrogens is 206 g/mol. The molecule has 1 aromatic heterocycles. The van der Waals surface area contributed by atoms with E-state index in [1.165, 1.54) is 0 Å². The van der Waals surface area contributed by atoms with E-state index in [9.17, 15) is 4.79 Å². The smallest absolute Gasteiger partial charge is 0.411 e. The summed E-state index contributed by atoms with van der Waals surface area (Å²) < 4.78 is 5.28. The summed E-state index contributed by atoms with van der Waals surface area (Å²) in [6, 6.07) is 3.54. The minimum Gasteiger partial charge on any atom is -0.446 e. The largest absolute Gasteiger partial charge is 0.446 e. The number of carbonyl (C=O) groups is 1. The summed E-state index contributed by atoms with van der Waals surface area (Å²) in [4.78, 5) is 15.4. The maximum atomic E-state index is 11.5. The van der Waals surface area contributed by atoms with Crippen LogP contribution in [0.2, 0.25) is 0 Å². The minimum atomic E-state index is -0.403. The number of aromatic nitrogens is 1. The molecule has 1 saturated heterocycles. The Hall–Kier alpha value is -1.62. The molecule has 0 unspecified atom stereocenters. The summed E-state index contributed by atoms with van der Waals surface area (Å²) in [5.41, 5.74) is 0.654. The monoisotopic (exact) mass is 221 g/mol. The Morgan fingerprint density at radius 2 is 2.31 bits per heavy atom. The number of hydrogen-bond acceptors (Lipinski definition) is 4. The van der Waals surface area contributed by atoms with Gasteiger partial charge in [0.15, 0.2) is 0 Å². The van der Waals surface area contributed by atoms with Gasteiger partial charge >= 0.3 is 6.09 Å². The summed E-state index contributed by atoms with van der Waals surface area (Å²) in [6.07, 6.45) is 4.62. The van der Waals surface area contributed by atoms with Gasteiger partial charge in [-0.05, 0) is 38.1 Å². The predicted molar refractivity (Wildman–Crippen MR) is 60.2 cm³/mol. The van der Waals surface area contributed by atoms with Crippen molar-refractivity contribution in [1.82, 2.24) is 10.3 Å². The molecule has 0 aliphatic carbocycles. The lowest BCUT2D eigenvalue weighted by molar-refractivity contribution is 0.0909. The molecule has 0 aromatic carbocycles. The average Bonchev–Trinajstić information content (AvgIpc) is 2.31. The van der Waals surface area contributed by atoms with Crippen LogP contribution in [0, 0.1) is 0 Å². The normalized spacial score (nSPS) is 16.8. The van der Waals surface area contributed by atoms with E-state index in [0.717, 1.165) is 25.9 Å². The van der Waals surface area contributed by atoms with Gasteiger partial charge in [-0.3, -0.25) is 10.3 Å². The van der Waals surface area contributed by atoms with E-state index in [-0.39, 0.29) is 6.10 Å². The Balaban J connectivity index is 1.80. The van der Waals surface area contributed by atoms with Crippen LogP contribution in [0.5, 0.6) is 0 Å². The SMILES string of the molecule is O=C(Nc1cccnc1)OC1CCNCC1. The second-order valence-corrected chi connectivity index (χ2v) is 3.72. The molecule has 5 heteroatoms. The van der Waals surface area contributed by atoms with Crippen LogP contribution in [0.15, 0.2) is 24.5 Å². The van der Waals surface area contributed by atoms with Crippen LogP contribution < -0.4 is 10.6 Å². The third-order valence-corrected chi connectivity index (χ3v) is 2.47. The van der Waals surface area contributed by atoms with Gasteiger partial charge in [0.1, 0.15) is 6.10 Å². The molecule has 1 aliphatic heterocycles. The lowest BCUT2D eigenvalue weighted by Gasteiger charge is -2.22. The van der Waals surface area contributed by atoms with Crippen LogP contribution in [-0.4, -0.2) is 30.3 Å². The van der Waals surface area contributed by atoms with Gasteiger partial charge in [-0.1, -0.05) is 0 Å². The Labute approximate surface area is 94.2 Å². The van der Waals surface area contributed by atoms with E-state index in [0.29, 0.717) is 5.69 Å². The molecule has 1 aromatic rings. The fourth-order valence-corrected chi connectivity index (χ4v) is 1.65. The number of hydrogen-bond donors (Lipinski definition) is 2. The van der Waals surface area contributed by atoms with Crippen molar-refractivity contribution < 1.29 is 9.53 Å². The molecule has 0 radical (unpaired) electrons. The summed E-state index contributed by atoms with van der Waals surface area (Å²) >= 11 is 0. The molecule has 5 nitrogen and oxygen atoms in total. The van der Waals surface area contributed by atoms with Crippen molar-refractivity contribution in [3.8, 4) is 0 Å². The molecule has 16 heavy (non-hydrogen) atoms. The number of piperidine rings is 1. The number of rotatable bonds is 2. The van der Waals surface area contributed by atoms with E-state index in [1.54, 1.807) is 24.5 Å². The van der Waals surface area contributed by atoms with E-state index < -0.39 is 6.09 Å². The summed E-state index contributed by atoms with van der Waals surface area (Å²) in [6.45, 7) is 1.82. The molecule has 0 saturated carbocycles. The maximum absolute atomic E-state index is 11.5. The highest BCUT2D eigenvalue weighted by Gasteiger charge is 2.17. The zero-order valence-corrected chi connectivity index (χ0v) is 8.98. The van der Waals surface area contributed by atoms with Crippen molar-refractivity contribution in [2.45, 2.75) is 18.9 Å². The van der Waals surface area contributed by atoms with Crippen molar-refractivity contribution in [1.29, 1.82) is 0 Å². The number of amides is 1. The van der Waals surface area contributed by atoms with Crippen LogP contribution >= 0.6 is 0 Å². The van der Waals surface area contributed by atoms with Crippen molar-refractivity contribution >= 4 is 11.8 Å². The Kier molecular flexibility index (Phi) is 3.71. The van der Waals surface area contributed by atoms with Crippen LogP contribution in [0.25, 0.3) is 0 Å². The van der Waals surface area contributed by atoms with Gasteiger partial charge in [-0.25, -0.2) is 4.79 Å². The molecule has 1 aliphatic rings. The van der Waals surface area contributed by atoms with Crippen LogP contribution in [0.3, 0.4) is 0 Å². The highest BCUT2D eigenvalue weighted by molar-refractivity contribution is 5.84. The average molecular weight is 221 g/mol. The third kappa shape index (κ3) is 3.20. The van der Waals surface area contributed by atoms with E-state index in [2.05, 4.69) is 15.6 Å². The number of ether oxygens (including phenoxy) is 1. The van der Waals surface area contributed by atoms with Crippen molar-refractivity contribution in [2.75, 3.05) is 18.4 Å². The fraction of sp³-hybridized carbons (Fsp3) is 0.455.